The Labute approximate surface area is 141 Å². The minimum Gasteiger partial charge on any atom is -0.479 e. The molecule has 3 rings (SSSR count). The van der Waals surface area contributed by atoms with Crippen LogP contribution in [0.4, 0.5) is 8.78 Å². The van der Waals surface area contributed by atoms with Gasteiger partial charge in [-0.25, -0.2) is 18.4 Å². The lowest BCUT2D eigenvalue weighted by atomic mass is 9.90. The summed E-state index contributed by atoms with van der Waals surface area (Å²) in [7, 11) is 0. The van der Waals surface area contributed by atoms with Crippen LogP contribution in [0.25, 0.3) is 10.9 Å². The molecule has 5 nitrogen and oxygen atoms in total. The van der Waals surface area contributed by atoms with Gasteiger partial charge in [-0.3, -0.25) is 4.57 Å². The van der Waals surface area contributed by atoms with Crippen molar-refractivity contribution < 1.29 is 18.7 Å². The van der Waals surface area contributed by atoms with Gasteiger partial charge in [0.2, 0.25) is 0 Å². The first-order chi connectivity index (χ1) is 11.8. The molecule has 3 aromatic rings. The summed E-state index contributed by atoms with van der Waals surface area (Å²) in [4.78, 5) is 28.5. The Morgan fingerprint density at radius 1 is 1.20 bits per heavy atom. The summed E-state index contributed by atoms with van der Waals surface area (Å²) >= 11 is 0. The van der Waals surface area contributed by atoms with Crippen molar-refractivity contribution in [3.05, 3.63) is 75.8 Å². The van der Waals surface area contributed by atoms with Crippen LogP contribution in [-0.2, 0) is 10.3 Å². The van der Waals surface area contributed by atoms with Crippen LogP contribution in [0.2, 0.25) is 0 Å². The largest absolute Gasteiger partial charge is 0.479 e. The minimum absolute atomic E-state index is 0.300. The minimum atomic E-state index is -2.10. The normalized spacial score (nSPS) is 13.6. The predicted octanol–water partition coefficient (Wildman–Crippen LogP) is 2.83. The van der Waals surface area contributed by atoms with E-state index in [0.29, 0.717) is 22.7 Å². The Kier molecular flexibility index (Phi) is 3.87. The number of carboxylic acid groups (broad SMARTS) is 1. The molecule has 0 amide bonds. The molecule has 1 heterocycles. The van der Waals surface area contributed by atoms with Gasteiger partial charge in [-0.05, 0) is 26.0 Å². The van der Waals surface area contributed by atoms with Crippen molar-refractivity contribution in [3.63, 3.8) is 0 Å². The van der Waals surface area contributed by atoms with Crippen molar-refractivity contribution in [1.82, 2.24) is 9.55 Å². The number of rotatable bonds is 3. The highest BCUT2D eigenvalue weighted by molar-refractivity contribution is 5.87. The van der Waals surface area contributed by atoms with Crippen molar-refractivity contribution in [1.29, 1.82) is 0 Å². The van der Waals surface area contributed by atoms with Crippen molar-refractivity contribution in [3.8, 4) is 0 Å². The lowest BCUT2D eigenvalue weighted by Crippen LogP contribution is -2.47. The second kappa shape index (κ2) is 5.77. The number of aryl methyl sites for hydroxylation is 1. The molecule has 2 aromatic carbocycles. The number of benzene rings is 2. The Morgan fingerprint density at radius 3 is 2.52 bits per heavy atom. The number of carboxylic acids is 1. The third-order valence-electron chi connectivity index (χ3n) is 4.31. The Bertz CT molecular complexity index is 1060. The number of hydrogen-bond donors (Lipinski definition) is 1. The van der Waals surface area contributed by atoms with Crippen LogP contribution in [0.1, 0.15) is 18.2 Å². The van der Waals surface area contributed by atoms with Crippen LogP contribution < -0.4 is 5.69 Å². The number of para-hydroxylation sites is 1. The molecule has 1 atom stereocenters. The molecule has 0 bridgehead atoms. The van der Waals surface area contributed by atoms with Crippen molar-refractivity contribution in [2.24, 2.45) is 0 Å². The van der Waals surface area contributed by atoms with Gasteiger partial charge in [0.05, 0.1) is 11.2 Å². The first-order valence-electron chi connectivity index (χ1n) is 7.44. The van der Waals surface area contributed by atoms with Gasteiger partial charge in [0.1, 0.15) is 11.6 Å². The van der Waals surface area contributed by atoms with Crippen LogP contribution in [0.3, 0.4) is 0 Å². The molecular weight excluding hydrogens is 330 g/mol. The molecule has 0 saturated carbocycles. The van der Waals surface area contributed by atoms with Gasteiger partial charge < -0.3 is 5.11 Å². The van der Waals surface area contributed by atoms with Gasteiger partial charge in [-0.1, -0.05) is 24.3 Å². The summed E-state index contributed by atoms with van der Waals surface area (Å²) < 4.78 is 28.5. The molecule has 1 unspecified atom stereocenters. The zero-order chi connectivity index (χ0) is 18.4. The van der Waals surface area contributed by atoms with E-state index in [2.05, 4.69) is 4.98 Å². The average Bonchev–Trinajstić information content (AvgIpc) is 2.54. The van der Waals surface area contributed by atoms with E-state index < -0.39 is 28.8 Å². The van der Waals surface area contributed by atoms with Gasteiger partial charge in [0.15, 0.2) is 5.54 Å². The number of aliphatic carboxylic acids is 1. The highest BCUT2D eigenvalue weighted by Crippen LogP contribution is 2.31. The van der Waals surface area contributed by atoms with E-state index in [9.17, 15) is 23.5 Å². The molecule has 128 valence electrons. The Hall–Kier alpha value is -3.09. The maximum Gasteiger partial charge on any atom is 0.349 e. The third-order valence-corrected chi connectivity index (χ3v) is 4.31. The average molecular weight is 344 g/mol. The lowest BCUT2D eigenvalue weighted by Gasteiger charge is -2.29. The van der Waals surface area contributed by atoms with E-state index in [-0.39, 0.29) is 5.56 Å². The van der Waals surface area contributed by atoms with E-state index in [1.54, 1.807) is 31.2 Å². The summed E-state index contributed by atoms with van der Waals surface area (Å²) in [5.41, 5.74) is -2.53. The summed E-state index contributed by atoms with van der Waals surface area (Å²) in [5.74, 6) is -3.36. The van der Waals surface area contributed by atoms with Crippen LogP contribution in [0.15, 0.2) is 47.3 Å². The smallest absolute Gasteiger partial charge is 0.349 e. The first-order valence-corrected chi connectivity index (χ1v) is 7.44. The summed E-state index contributed by atoms with van der Waals surface area (Å²) in [6.45, 7) is 2.82. The number of hydrogen-bond acceptors (Lipinski definition) is 3. The van der Waals surface area contributed by atoms with E-state index in [0.717, 1.165) is 16.7 Å². The standard InChI is InChI=1S/C18H14F2N2O3/c1-10-12-5-3-4-6-15(12)22(17(25)21-10)18(2,16(23)24)13-8-7-11(19)9-14(13)20/h3-9H,1-2H3,(H,23,24). The predicted molar refractivity (Wildman–Crippen MR) is 87.5 cm³/mol. The summed E-state index contributed by atoms with van der Waals surface area (Å²) in [6.07, 6.45) is 0. The van der Waals surface area contributed by atoms with Crippen molar-refractivity contribution in [2.75, 3.05) is 0 Å². The summed E-state index contributed by atoms with van der Waals surface area (Å²) in [5, 5.41) is 10.4. The van der Waals surface area contributed by atoms with Crippen LogP contribution in [-0.4, -0.2) is 20.6 Å². The molecule has 0 radical (unpaired) electrons. The number of fused-ring (bicyclic) bond motifs is 1. The fraction of sp³-hybridized carbons (Fsp3) is 0.167. The number of carbonyl (C=O) groups is 1. The second-order valence-electron chi connectivity index (χ2n) is 5.83. The molecule has 0 fully saturated rings. The van der Waals surface area contributed by atoms with Gasteiger partial charge in [-0.15, -0.1) is 0 Å². The van der Waals surface area contributed by atoms with Crippen LogP contribution in [0, 0.1) is 18.6 Å². The Balaban J connectivity index is 2.47. The Morgan fingerprint density at radius 2 is 1.88 bits per heavy atom. The number of aromatic nitrogens is 2. The highest BCUT2D eigenvalue weighted by Gasteiger charge is 2.42. The van der Waals surface area contributed by atoms with Crippen molar-refractivity contribution >= 4 is 16.9 Å². The second-order valence-corrected chi connectivity index (χ2v) is 5.83. The molecule has 0 saturated heterocycles. The molecule has 0 aliphatic rings. The first kappa shape index (κ1) is 16.8. The molecule has 1 aromatic heterocycles. The van der Waals surface area contributed by atoms with Crippen molar-refractivity contribution in [2.45, 2.75) is 19.4 Å². The maximum absolute atomic E-state index is 14.4. The third kappa shape index (κ3) is 2.48. The lowest BCUT2D eigenvalue weighted by molar-refractivity contribution is -0.144. The molecular formula is C18H14F2N2O3. The SMILES string of the molecule is Cc1nc(=O)n(C(C)(C(=O)O)c2ccc(F)cc2F)c2ccccc12. The zero-order valence-electron chi connectivity index (χ0n) is 13.5. The fourth-order valence-electron chi connectivity index (χ4n) is 2.98. The maximum atomic E-state index is 14.4. The van der Waals surface area contributed by atoms with E-state index in [1.165, 1.54) is 6.92 Å². The van der Waals surface area contributed by atoms with Crippen LogP contribution >= 0.6 is 0 Å². The van der Waals surface area contributed by atoms with E-state index in [1.807, 2.05) is 0 Å². The summed E-state index contributed by atoms with van der Waals surface area (Å²) in [6, 6.07) is 9.19. The fourth-order valence-corrected chi connectivity index (χ4v) is 2.98. The molecule has 0 aliphatic heterocycles. The van der Waals surface area contributed by atoms with E-state index >= 15 is 0 Å². The molecule has 7 heteroatoms. The molecule has 25 heavy (non-hydrogen) atoms. The quantitative estimate of drug-likeness (QED) is 0.793. The number of halogens is 2. The number of nitrogens with zero attached hydrogens (tertiary/aromatic N) is 2. The van der Waals surface area contributed by atoms with Gasteiger partial charge >= 0.3 is 11.7 Å². The van der Waals surface area contributed by atoms with Crippen LogP contribution in [0.5, 0.6) is 0 Å². The molecule has 0 spiro atoms. The topological polar surface area (TPSA) is 72.2 Å². The molecule has 1 N–H and O–H groups in total. The van der Waals surface area contributed by atoms with Gasteiger partial charge in [-0.2, -0.15) is 4.98 Å². The van der Waals surface area contributed by atoms with E-state index in [4.69, 9.17) is 0 Å². The highest BCUT2D eigenvalue weighted by atomic mass is 19.1. The monoisotopic (exact) mass is 344 g/mol. The zero-order valence-corrected chi connectivity index (χ0v) is 13.5. The van der Waals surface area contributed by atoms with Gasteiger partial charge in [0.25, 0.3) is 0 Å². The van der Waals surface area contributed by atoms with Gasteiger partial charge in [0, 0.05) is 17.0 Å². The molecule has 0 aliphatic carbocycles.